The van der Waals surface area contributed by atoms with E-state index < -0.39 is 0 Å². The summed E-state index contributed by atoms with van der Waals surface area (Å²) in [5, 5.41) is 5.90. The van der Waals surface area contributed by atoms with Crippen LogP contribution in [0.25, 0.3) is 0 Å². The Morgan fingerprint density at radius 1 is 1.21 bits per heavy atom. The number of hydrogen-bond acceptors (Lipinski definition) is 3. The highest BCUT2D eigenvalue weighted by molar-refractivity contribution is 6.04. The summed E-state index contributed by atoms with van der Waals surface area (Å²) in [6, 6.07) is 10.6. The molecule has 28 heavy (non-hydrogen) atoms. The molecule has 2 amide bonds. The highest BCUT2D eigenvalue weighted by Crippen LogP contribution is 2.25. The number of fused-ring (bicyclic) bond motifs is 1. The van der Waals surface area contributed by atoms with Crippen LogP contribution in [0.1, 0.15) is 39.9 Å². The molecule has 0 unspecified atom stereocenters. The number of rotatable bonds is 4. The largest absolute Gasteiger partial charge is 0.338 e. The van der Waals surface area contributed by atoms with Gasteiger partial charge in [0.15, 0.2) is 0 Å². The molecule has 0 bridgehead atoms. The molecule has 2 aliphatic heterocycles. The minimum absolute atomic E-state index is 0. The van der Waals surface area contributed by atoms with Crippen LogP contribution in [-0.4, -0.2) is 29.8 Å². The lowest BCUT2D eigenvalue weighted by Crippen LogP contribution is -2.25. The first-order valence-corrected chi connectivity index (χ1v) is 9.31. The number of halogens is 2. The fourth-order valence-corrected chi connectivity index (χ4v) is 3.73. The van der Waals surface area contributed by atoms with E-state index in [0.29, 0.717) is 37.1 Å². The van der Waals surface area contributed by atoms with Crippen molar-refractivity contribution in [3.8, 4) is 0 Å². The first kappa shape index (κ1) is 20.3. The zero-order valence-corrected chi connectivity index (χ0v) is 16.3. The zero-order chi connectivity index (χ0) is 18.8. The van der Waals surface area contributed by atoms with Gasteiger partial charge < -0.3 is 15.5 Å². The number of amides is 2. The molecular weight excluding hydrogens is 381 g/mol. The first-order valence-electron chi connectivity index (χ1n) is 9.31. The van der Waals surface area contributed by atoms with Crippen LogP contribution in [0.3, 0.4) is 0 Å². The van der Waals surface area contributed by atoms with Gasteiger partial charge >= 0.3 is 0 Å². The monoisotopic (exact) mass is 403 g/mol. The van der Waals surface area contributed by atoms with Crippen LogP contribution in [0.2, 0.25) is 0 Å². The van der Waals surface area contributed by atoms with Crippen LogP contribution < -0.4 is 10.6 Å². The van der Waals surface area contributed by atoms with Crippen molar-refractivity contribution in [3.63, 3.8) is 0 Å². The predicted octanol–water partition coefficient (Wildman–Crippen LogP) is 3.27. The number of benzene rings is 2. The molecule has 1 saturated heterocycles. The van der Waals surface area contributed by atoms with Crippen molar-refractivity contribution < 1.29 is 14.0 Å². The molecule has 7 heteroatoms. The summed E-state index contributed by atoms with van der Waals surface area (Å²) in [5.74, 6) is -0.547. The smallest absolute Gasteiger partial charge is 0.255 e. The second-order valence-electron chi connectivity index (χ2n) is 7.06. The van der Waals surface area contributed by atoms with Crippen LogP contribution >= 0.6 is 12.4 Å². The molecule has 0 radical (unpaired) electrons. The fourth-order valence-electron chi connectivity index (χ4n) is 3.73. The van der Waals surface area contributed by atoms with Crippen molar-refractivity contribution in [2.45, 2.75) is 32.4 Å². The molecular formula is C21H23ClFN3O2. The molecule has 5 nitrogen and oxygen atoms in total. The van der Waals surface area contributed by atoms with Crippen LogP contribution in [-0.2, 0) is 24.3 Å². The molecule has 2 aliphatic rings. The summed E-state index contributed by atoms with van der Waals surface area (Å²) >= 11 is 0. The van der Waals surface area contributed by atoms with Crippen LogP contribution in [0, 0.1) is 5.82 Å². The average Bonchev–Trinajstić information content (AvgIpc) is 3.09. The second-order valence-corrected chi connectivity index (χ2v) is 7.06. The Bertz CT molecular complexity index is 903. The van der Waals surface area contributed by atoms with Gasteiger partial charge in [0.2, 0.25) is 5.91 Å². The Morgan fingerprint density at radius 2 is 2.07 bits per heavy atom. The predicted molar refractivity (Wildman–Crippen MR) is 108 cm³/mol. The lowest BCUT2D eigenvalue weighted by molar-refractivity contribution is -0.128. The van der Waals surface area contributed by atoms with E-state index in [1.54, 1.807) is 29.2 Å². The number of anilines is 1. The Hall–Kier alpha value is -2.44. The van der Waals surface area contributed by atoms with E-state index in [1.165, 1.54) is 0 Å². The van der Waals surface area contributed by atoms with E-state index in [0.717, 1.165) is 30.6 Å². The van der Waals surface area contributed by atoms with E-state index >= 15 is 0 Å². The number of hydrogen-bond donors (Lipinski definition) is 2. The van der Waals surface area contributed by atoms with Crippen LogP contribution in [0.5, 0.6) is 0 Å². The van der Waals surface area contributed by atoms with E-state index in [2.05, 4.69) is 10.6 Å². The molecule has 4 rings (SSSR count). The van der Waals surface area contributed by atoms with E-state index in [-0.39, 0.29) is 35.7 Å². The summed E-state index contributed by atoms with van der Waals surface area (Å²) in [4.78, 5) is 26.2. The van der Waals surface area contributed by atoms with Crippen molar-refractivity contribution in [1.29, 1.82) is 0 Å². The summed E-state index contributed by atoms with van der Waals surface area (Å²) < 4.78 is 14.7. The van der Waals surface area contributed by atoms with Gasteiger partial charge in [-0.15, -0.1) is 12.4 Å². The minimum Gasteiger partial charge on any atom is -0.338 e. The third kappa shape index (κ3) is 4.18. The second kappa shape index (κ2) is 8.71. The number of nitrogens with one attached hydrogen (secondary N) is 2. The number of nitrogens with zero attached hydrogens (tertiary/aromatic N) is 1. The third-order valence-corrected chi connectivity index (χ3v) is 5.19. The zero-order valence-electron chi connectivity index (χ0n) is 15.5. The molecule has 0 aliphatic carbocycles. The molecule has 0 saturated carbocycles. The molecule has 0 spiro atoms. The lowest BCUT2D eigenvalue weighted by Gasteiger charge is -2.19. The van der Waals surface area contributed by atoms with E-state index in [9.17, 15) is 14.0 Å². The first-order chi connectivity index (χ1) is 13.1. The molecule has 148 valence electrons. The molecule has 2 aromatic carbocycles. The summed E-state index contributed by atoms with van der Waals surface area (Å²) in [6.45, 7) is 2.64. The van der Waals surface area contributed by atoms with Crippen molar-refractivity contribution in [3.05, 3.63) is 64.5 Å². The summed E-state index contributed by atoms with van der Waals surface area (Å²) in [5.41, 5.74) is 3.18. The van der Waals surface area contributed by atoms with Gasteiger partial charge in [-0.25, -0.2) is 4.39 Å². The van der Waals surface area contributed by atoms with Crippen molar-refractivity contribution in [1.82, 2.24) is 10.2 Å². The van der Waals surface area contributed by atoms with Gasteiger partial charge in [0.25, 0.3) is 5.91 Å². The molecule has 2 aromatic rings. The SMILES string of the molecule is Cl.O=C(Nc1ccc2c(c1F)CCNC2)c1cccc(CN2CCCC2=O)c1. The van der Waals surface area contributed by atoms with E-state index in [1.807, 2.05) is 12.1 Å². The van der Waals surface area contributed by atoms with Crippen molar-refractivity contribution >= 4 is 29.9 Å². The van der Waals surface area contributed by atoms with Gasteiger partial charge in [-0.1, -0.05) is 18.2 Å². The van der Waals surface area contributed by atoms with Gasteiger partial charge in [0, 0.05) is 31.6 Å². The van der Waals surface area contributed by atoms with Gasteiger partial charge in [-0.05, 0) is 54.3 Å². The molecule has 2 N–H and O–H groups in total. The fraction of sp³-hybridized carbons (Fsp3) is 0.333. The van der Waals surface area contributed by atoms with Crippen LogP contribution in [0.15, 0.2) is 36.4 Å². The maximum Gasteiger partial charge on any atom is 0.255 e. The highest BCUT2D eigenvalue weighted by atomic mass is 35.5. The highest BCUT2D eigenvalue weighted by Gasteiger charge is 2.21. The standard InChI is InChI=1S/C21H22FN3O2.ClH/c22-20-17-8-9-23-12-16(17)6-7-18(20)24-21(27)15-4-1-3-14(11-15)13-25-10-2-5-19(25)26;/h1,3-4,6-7,11,23H,2,5,8-10,12-13H2,(H,24,27);1H. The van der Waals surface area contributed by atoms with E-state index in [4.69, 9.17) is 0 Å². The average molecular weight is 404 g/mol. The van der Waals surface area contributed by atoms with Gasteiger partial charge in [-0.2, -0.15) is 0 Å². The number of carbonyl (C=O) groups is 2. The molecule has 0 atom stereocenters. The lowest BCUT2D eigenvalue weighted by atomic mass is 9.99. The van der Waals surface area contributed by atoms with Crippen molar-refractivity contribution in [2.24, 2.45) is 0 Å². The Morgan fingerprint density at radius 3 is 2.86 bits per heavy atom. The number of carbonyl (C=O) groups excluding carboxylic acids is 2. The normalized spacial score (nSPS) is 15.8. The minimum atomic E-state index is -0.350. The third-order valence-electron chi connectivity index (χ3n) is 5.19. The maximum absolute atomic E-state index is 14.7. The van der Waals surface area contributed by atoms with Gasteiger partial charge in [-0.3, -0.25) is 9.59 Å². The Balaban J connectivity index is 0.00000225. The Kier molecular flexibility index (Phi) is 6.31. The molecule has 1 fully saturated rings. The quantitative estimate of drug-likeness (QED) is 0.823. The van der Waals surface area contributed by atoms with Gasteiger partial charge in [0.1, 0.15) is 5.82 Å². The number of likely N-dealkylation sites (tertiary alicyclic amines) is 1. The molecule has 0 aromatic heterocycles. The molecule has 2 heterocycles. The van der Waals surface area contributed by atoms with Crippen molar-refractivity contribution in [2.75, 3.05) is 18.4 Å². The topological polar surface area (TPSA) is 61.4 Å². The van der Waals surface area contributed by atoms with Gasteiger partial charge in [0.05, 0.1) is 5.69 Å². The van der Waals surface area contributed by atoms with Crippen LogP contribution in [0.4, 0.5) is 10.1 Å². The maximum atomic E-state index is 14.7. The summed E-state index contributed by atoms with van der Waals surface area (Å²) in [7, 11) is 0. The Labute approximate surface area is 169 Å². The summed E-state index contributed by atoms with van der Waals surface area (Å²) in [6.07, 6.45) is 2.09.